The fourth-order valence-electron chi connectivity index (χ4n) is 2.18. The van der Waals surface area contributed by atoms with Gasteiger partial charge in [0.05, 0.1) is 29.9 Å². The van der Waals surface area contributed by atoms with Gasteiger partial charge in [0, 0.05) is 5.56 Å². The highest BCUT2D eigenvalue weighted by Gasteiger charge is 2.28. The summed E-state index contributed by atoms with van der Waals surface area (Å²) in [6.07, 6.45) is -2.92. The quantitative estimate of drug-likeness (QED) is 0.922. The monoisotopic (exact) mass is 287 g/mol. The second kappa shape index (κ2) is 5.05. The summed E-state index contributed by atoms with van der Waals surface area (Å²) in [5.74, 6) is -0.904. The normalized spacial score (nSPS) is 14.9. The molecule has 7 heteroatoms. The topological polar surface area (TPSA) is 48.2 Å². The molecule has 110 valence electrons. The zero-order valence-electron chi connectivity index (χ0n) is 11.5. The first-order valence-electron chi connectivity index (χ1n) is 6.18. The van der Waals surface area contributed by atoms with Crippen molar-refractivity contribution in [1.29, 1.82) is 0 Å². The highest BCUT2D eigenvalue weighted by atomic mass is 19.3. The summed E-state index contributed by atoms with van der Waals surface area (Å²) in [6, 6.07) is 1.40. The van der Waals surface area contributed by atoms with E-state index in [2.05, 4.69) is 10.3 Å². The predicted molar refractivity (Wildman–Crippen MR) is 67.3 cm³/mol. The van der Waals surface area contributed by atoms with Gasteiger partial charge in [0.1, 0.15) is 5.82 Å². The molecule has 20 heavy (non-hydrogen) atoms. The summed E-state index contributed by atoms with van der Waals surface area (Å²) < 4.78 is 40.0. The Morgan fingerprint density at radius 3 is 2.65 bits per heavy atom. The molecular formula is C13H16F3N3O. The van der Waals surface area contributed by atoms with Gasteiger partial charge in [-0.25, -0.2) is 13.2 Å². The van der Waals surface area contributed by atoms with Gasteiger partial charge in [-0.1, -0.05) is 5.22 Å². The molecule has 1 aliphatic heterocycles. The largest absolute Gasteiger partial charge is 0.389 e. The Bertz CT molecular complexity index is 553. The fourth-order valence-corrected chi connectivity index (χ4v) is 2.18. The first-order chi connectivity index (χ1) is 9.19. The number of rotatable bonds is 3. The lowest BCUT2D eigenvalue weighted by molar-refractivity contribution is 0.0297. The molecule has 1 aliphatic rings. The molecule has 0 saturated heterocycles. The Morgan fingerprint density at radius 2 is 2.10 bits per heavy atom. The Labute approximate surface area is 114 Å². The molecule has 0 spiro atoms. The summed E-state index contributed by atoms with van der Waals surface area (Å²) in [5.41, 5.74) is -1.17. The molecule has 2 rings (SSSR count). The van der Waals surface area contributed by atoms with Crippen molar-refractivity contribution in [3.05, 3.63) is 28.6 Å². The Kier molecular flexibility index (Phi) is 3.73. The van der Waals surface area contributed by atoms with E-state index in [1.165, 1.54) is 18.0 Å². The van der Waals surface area contributed by atoms with Crippen LogP contribution >= 0.6 is 0 Å². The van der Waals surface area contributed by atoms with Crippen LogP contribution in [0.15, 0.2) is 16.4 Å². The van der Waals surface area contributed by atoms with Crippen molar-refractivity contribution in [2.75, 3.05) is 6.54 Å². The summed E-state index contributed by atoms with van der Waals surface area (Å²) in [4.78, 5) is 0. The van der Waals surface area contributed by atoms with Crippen LogP contribution in [-0.4, -0.2) is 22.3 Å². The number of aliphatic hydroxyl groups is 1. The second-order valence-electron chi connectivity index (χ2n) is 5.54. The smallest absolute Gasteiger partial charge is 0.267 e. The van der Waals surface area contributed by atoms with Crippen LogP contribution in [0.25, 0.3) is 0 Å². The number of alkyl halides is 2. The Balaban J connectivity index is 2.42. The molecule has 0 fully saturated rings. The van der Waals surface area contributed by atoms with E-state index in [0.717, 1.165) is 0 Å². The summed E-state index contributed by atoms with van der Waals surface area (Å²) >= 11 is 0. The first kappa shape index (κ1) is 14.8. The average Bonchev–Trinajstić information content (AvgIpc) is 2.28. The number of hydrogen-bond donors (Lipinski definition) is 1. The fraction of sp³-hybridized carbons (Fsp3) is 0.538. The molecule has 0 bridgehead atoms. The predicted octanol–water partition coefficient (Wildman–Crippen LogP) is 3.66. The van der Waals surface area contributed by atoms with Crippen molar-refractivity contribution in [2.45, 2.75) is 39.3 Å². The molecule has 1 N–H and O–H groups in total. The highest BCUT2D eigenvalue weighted by molar-refractivity contribution is 5.54. The van der Waals surface area contributed by atoms with Gasteiger partial charge in [-0.15, -0.1) is 5.11 Å². The number of fused-ring (bicyclic) bond motifs is 1. The van der Waals surface area contributed by atoms with Crippen LogP contribution in [-0.2, 0) is 6.54 Å². The molecule has 0 aromatic heterocycles. The van der Waals surface area contributed by atoms with Gasteiger partial charge < -0.3 is 5.11 Å². The van der Waals surface area contributed by atoms with Crippen molar-refractivity contribution < 1.29 is 18.3 Å². The third-order valence-electron chi connectivity index (χ3n) is 2.98. The Hall–Kier alpha value is -1.63. The van der Waals surface area contributed by atoms with Crippen molar-refractivity contribution in [1.82, 2.24) is 5.01 Å². The number of benzene rings is 1. The van der Waals surface area contributed by atoms with Crippen LogP contribution in [0.2, 0.25) is 0 Å². The van der Waals surface area contributed by atoms with Crippen molar-refractivity contribution >= 4 is 5.69 Å². The van der Waals surface area contributed by atoms with E-state index >= 15 is 0 Å². The van der Waals surface area contributed by atoms with E-state index in [0.29, 0.717) is 0 Å². The SMILES string of the molecule is Cc1cc2c(c(C(F)F)c1F)CN(CC(C)(C)O)N=N2. The van der Waals surface area contributed by atoms with Gasteiger partial charge in [0.2, 0.25) is 0 Å². The zero-order chi connectivity index (χ0) is 15.1. The number of β-amino-alcohol motifs (C(OH)–C–C–N with tert-alkyl or cyclic N) is 1. The molecule has 0 atom stereocenters. The van der Waals surface area contributed by atoms with Crippen LogP contribution in [0.5, 0.6) is 0 Å². The van der Waals surface area contributed by atoms with Crippen LogP contribution in [0.1, 0.15) is 37.0 Å². The third-order valence-corrected chi connectivity index (χ3v) is 2.98. The van der Waals surface area contributed by atoms with Crippen LogP contribution in [0.3, 0.4) is 0 Å². The van der Waals surface area contributed by atoms with Crippen molar-refractivity contribution in [2.24, 2.45) is 10.3 Å². The number of hydrogen-bond acceptors (Lipinski definition) is 4. The molecule has 0 unspecified atom stereocenters. The maximum atomic E-state index is 13.9. The minimum absolute atomic E-state index is 0.000301. The van der Waals surface area contributed by atoms with Crippen molar-refractivity contribution in [3.63, 3.8) is 0 Å². The zero-order valence-corrected chi connectivity index (χ0v) is 11.5. The highest BCUT2D eigenvalue weighted by Crippen LogP contribution is 2.37. The van der Waals surface area contributed by atoms with E-state index in [9.17, 15) is 18.3 Å². The standard InChI is InChI=1S/C13H16F3N3O/c1-7-4-9-8(10(11(7)14)12(15)16)5-19(18-17-9)6-13(2,3)20/h4,12,20H,5-6H2,1-3H3. The second-order valence-corrected chi connectivity index (χ2v) is 5.54. The van der Waals surface area contributed by atoms with Crippen LogP contribution in [0, 0.1) is 12.7 Å². The number of halogens is 3. The molecule has 1 aromatic rings. The summed E-state index contributed by atoms with van der Waals surface area (Å²) in [6.45, 7) is 4.68. The minimum atomic E-state index is -2.92. The van der Waals surface area contributed by atoms with E-state index in [4.69, 9.17) is 0 Å². The minimum Gasteiger partial charge on any atom is -0.389 e. The van der Waals surface area contributed by atoms with Gasteiger partial charge in [-0.2, -0.15) is 0 Å². The average molecular weight is 287 g/mol. The van der Waals surface area contributed by atoms with Gasteiger partial charge in [-0.3, -0.25) is 5.01 Å². The van der Waals surface area contributed by atoms with Crippen LogP contribution in [0.4, 0.5) is 18.9 Å². The maximum absolute atomic E-state index is 13.9. The summed E-state index contributed by atoms with van der Waals surface area (Å²) in [7, 11) is 0. The Morgan fingerprint density at radius 1 is 1.45 bits per heavy atom. The van der Waals surface area contributed by atoms with Gasteiger partial charge in [0.15, 0.2) is 0 Å². The number of nitrogens with zero attached hydrogens (tertiary/aromatic N) is 3. The molecule has 0 saturated carbocycles. The molecule has 4 nitrogen and oxygen atoms in total. The number of aryl methyl sites for hydroxylation is 1. The molecule has 0 amide bonds. The van der Waals surface area contributed by atoms with E-state index in [-0.39, 0.29) is 29.9 Å². The lowest BCUT2D eigenvalue weighted by atomic mass is 10.00. The van der Waals surface area contributed by atoms with Gasteiger partial charge in [0.25, 0.3) is 6.43 Å². The van der Waals surface area contributed by atoms with E-state index in [1.54, 1.807) is 13.8 Å². The first-order valence-corrected chi connectivity index (χ1v) is 6.18. The van der Waals surface area contributed by atoms with Gasteiger partial charge >= 0.3 is 0 Å². The van der Waals surface area contributed by atoms with Crippen LogP contribution < -0.4 is 0 Å². The summed E-state index contributed by atoms with van der Waals surface area (Å²) in [5, 5.41) is 18.8. The molecule has 0 radical (unpaired) electrons. The lowest BCUT2D eigenvalue weighted by Crippen LogP contribution is -2.36. The molecule has 0 aliphatic carbocycles. The van der Waals surface area contributed by atoms with Crippen molar-refractivity contribution in [3.8, 4) is 0 Å². The molecule has 1 aromatic carbocycles. The third kappa shape index (κ3) is 2.92. The maximum Gasteiger partial charge on any atom is 0.267 e. The van der Waals surface area contributed by atoms with Gasteiger partial charge in [-0.05, 0) is 32.4 Å². The molecular weight excluding hydrogens is 271 g/mol. The lowest BCUT2D eigenvalue weighted by Gasteiger charge is -2.29. The van der Waals surface area contributed by atoms with E-state index < -0.39 is 23.4 Å². The van der Waals surface area contributed by atoms with E-state index in [1.807, 2.05) is 0 Å². The molecule has 1 heterocycles.